The van der Waals surface area contributed by atoms with E-state index in [9.17, 15) is 14.0 Å². The number of carbonyl (C=O) groups excluding carboxylic acids is 2. The maximum atomic E-state index is 13.9. The van der Waals surface area contributed by atoms with Crippen LogP contribution in [0.15, 0.2) is 42.5 Å². The van der Waals surface area contributed by atoms with Gasteiger partial charge in [-0.2, -0.15) is 0 Å². The molecule has 0 radical (unpaired) electrons. The Labute approximate surface area is 164 Å². The van der Waals surface area contributed by atoms with Crippen molar-refractivity contribution in [3.8, 4) is 0 Å². The molecular weight excluding hydrogens is 357 g/mol. The van der Waals surface area contributed by atoms with Crippen LogP contribution in [0.1, 0.15) is 53.8 Å². The van der Waals surface area contributed by atoms with Gasteiger partial charge in [-0.25, -0.2) is 4.39 Å². The number of hydrogen-bond acceptors (Lipinski definition) is 3. The molecule has 2 amide bonds. The Morgan fingerprint density at radius 3 is 2.46 bits per heavy atom. The molecule has 0 aliphatic carbocycles. The van der Waals surface area contributed by atoms with E-state index in [4.69, 9.17) is 0 Å². The largest absolute Gasteiger partial charge is 0.371 e. The maximum Gasteiger partial charge on any atom is 0.258 e. The van der Waals surface area contributed by atoms with E-state index in [0.717, 1.165) is 38.0 Å². The number of benzene rings is 2. The molecule has 1 atom stereocenters. The number of nitrogens with one attached hydrogen (secondary N) is 2. The van der Waals surface area contributed by atoms with Crippen LogP contribution in [0.4, 0.5) is 15.8 Å². The zero-order valence-corrected chi connectivity index (χ0v) is 16.3. The van der Waals surface area contributed by atoms with E-state index in [-0.39, 0.29) is 17.5 Å². The molecule has 0 saturated carbocycles. The van der Waals surface area contributed by atoms with Gasteiger partial charge in [0, 0.05) is 30.5 Å². The van der Waals surface area contributed by atoms with Crippen molar-refractivity contribution in [1.29, 1.82) is 0 Å². The first-order valence-electron chi connectivity index (χ1n) is 9.75. The van der Waals surface area contributed by atoms with Crippen molar-refractivity contribution in [3.63, 3.8) is 0 Å². The molecule has 0 aromatic heterocycles. The summed E-state index contributed by atoms with van der Waals surface area (Å²) in [7, 11) is 0. The number of anilines is 2. The Balaban J connectivity index is 1.88. The Hall–Kier alpha value is -2.89. The number of carbonyl (C=O) groups is 2. The average Bonchev–Trinajstić information content (AvgIpc) is 3.22. The zero-order chi connectivity index (χ0) is 20.1. The minimum Gasteiger partial charge on any atom is -0.371 e. The molecule has 0 spiro atoms. The van der Waals surface area contributed by atoms with Crippen molar-refractivity contribution >= 4 is 23.2 Å². The highest BCUT2D eigenvalue weighted by Gasteiger charge is 2.21. The molecule has 148 valence electrons. The highest BCUT2D eigenvalue weighted by molar-refractivity contribution is 6.06. The molecule has 3 rings (SSSR count). The van der Waals surface area contributed by atoms with Crippen LogP contribution in [0.3, 0.4) is 0 Å². The van der Waals surface area contributed by atoms with E-state index in [1.165, 1.54) is 18.2 Å². The third kappa shape index (κ3) is 4.50. The third-order valence-corrected chi connectivity index (χ3v) is 5.05. The van der Waals surface area contributed by atoms with E-state index < -0.39 is 11.7 Å². The smallest absolute Gasteiger partial charge is 0.258 e. The van der Waals surface area contributed by atoms with Gasteiger partial charge < -0.3 is 15.5 Å². The highest BCUT2D eigenvalue weighted by Crippen LogP contribution is 2.28. The number of amides is 2. The summed E-state index contributed by atoms with van der Waals surface area (Å²) in [6, 6.07) is 11.2. The van der Waals surface area contributed by atoms with Crippen LogP contribution in [0.5, 0.6) is 0 Å². The van der Waals surface area contributed by atoms with Gasteiger partial charge in [0.15, 0.2) is 0 Å². The van der Waals surface area contributed by atoms with Gasteiger partial charge >= 0.3 is 0 Å². The second-order valence-corrected chi connectivity index (χ2v) is 7.14. The summed E-state index contributed by atoms with van der Waals surface area (Å²) in [5.74, 6) is -1.29. The van der Waals surface area contributed by atoms with Gasteiger partial charge in [0.1, 0.15) is 5.82 Å². The van der Waals surface area contributed by atoms with Gasteiger partial charge in [-0.1, -0.05) is 19.1 Å². The third-order valence-electron chi connectivity index (χ3n) is 5.05. The molecule has 1 fully saturated rings. The lowest BCUT2D eigenvalue weighted by atomic mass is 10.1. The molecule has 28 heavy (non-hydrogen) atoms. The summed E-state index contributed by atoms with van der Waals surface area (Å²) in [6.07, 6.45) is 3.02. The number of hydrogen-bond donors (Lipinski definition) is 2. The number of halogens is 1. The van der Waals surface area contributed by atoms with Crippen LogP contribution in [0, 0.1) is 5.82 Å². The van der Waals surface area contributed by atoms with Gasteiger partial charge in [-0.3, -0.25) is 9.59 Å². The average molecular weight is 383 g/mol. The van der Waals surface area contributed by atoms with Crippen LogP contribution < -0.4 is 15.5 Å². The van der Waals surface area contributed by atoms with Crippen molar-refractivity contribution in [3.05, 3.63) is 59.4 Å². The van der Waals surface area contributed by atoms with Gasteiger partial charge in [-0.05, 0) is 56.5 Å². The fourth-order valence-electron chi connectivity index (χ4n) is 3.28. The molecule has 5 nitrogen and oxygen atoms in total. The van der Waals surface area contributed by atoms with Crippen molar-refractivity contribution in [2.24, 2.45) is 0 Å². The van der Waals surface area contributed by atoms with Crippen LogP contribution in [0.25, 0.3) is 0 Å². The Morgan fingerprint density at radius 2 is 1.79 bits per heavy atom. The lowest BCUT2D eigenvalue weighted by Crippen LogP contribution is -2.33. The monoisotopic (exact) mass is 383 g/mol. The summed E-state index contributed by atoms with van der Waals surface area (Å²) in [5, 5.41) is 5.69. The molecule has 1 aliphatic heterocycles. The SMILES string of the molecule is CCC(C)NC(=O)c1cc(NC(=O)c2ccccc2F)ccc1N1CCCC1. The van der Waals surface area contributed by atoms with E-state index >= 15 is 0 Å². The van der Waals surface area contributed by atoms with E-state index in [0.29, 0.717) is 11.3 Å². The Bertz CT molecular complexity index is 863. The van der Waals surface area contributed by atoms with E-state index in [1.807, 2.05) is 19.9 Å². The van der Waals surface area contributed by atoms with Gasteiger partial charge in [0.25, 0.3) is 11.8 Å². The first-order chi connectivity index (χ1) is 13.5. The van der Waals surface area contributed by atoms with Crippen LogP contribution in [-0.4, -0.2) is 30.9 Å². The van der Waals surface area contributed by atoms with Gasteiger partial charge in [-0.15, -0.1) is 0 Å². The summed E-state index contributed by atoms with van der Waals surface area (Å²) in [6.45, 7) is 5.78. The predicted molar refractivity (Wildman–Crippen MR) is 109 cm³/mol. The molecular formula is C22H26FN3O2. The quantitative estimate of drug-likeness (QED) is 0.786. The molecule has 1 aliphatic rings. The maximum absolute atomic E-state index is 13.9. The molecule has 0 bridgehead atoms. The summed E-state index contributed by atoms with van der Waals surface area (Å²) >= 11 is 0. The van der Waals surface area contributed by atoms with E-state index in [1.54, 1.807) is 18.2 Å². The molecule has 2 aromatic rings. The lowest BCUT2D eigenvalue weighted by Gasteiger charge is -2.23. The first kappa shape index (κ1) is 19.9. The predicted octanol–water partition coefficient (Wildman–Crippen LogP) is 4.21. The second kappa shape index (κ2) is 8.87. The Morgan fingerprint density at radius 1 is 1.07 bits per heavy atom. The minimum atomic E-state index is -0.580. The standard InChI is InChI=1S/C22H26FN3O2/c1-3-15(2)24-22(28)18-14-16(10-11-20(18)26-12-6-7-13-26)25-21(27)17-8-4-5-9-19(17)23/h4-5,8-11,14-15H,3,6-7,12-13H2,1-2H3,(H,24,28)(H,25,27). The number of rotatable bonds is 6. The van der Waals surface area contributed by atoms with Crippen molar-refractivity contribution in [2.45, 2.75) is 39.2 Å². The fourth-order valence-corrected chi connectivity index (χ4v) is 3.28. The lowest BCUT2D eigenvalue weighted by molar-refractivity contribution is 0.0938. The first-order valence-corrected chi connectivity index (χ1v) is 9.75. The highest BCUT2D eigenvalue weighted by atomic mass is 19.1. The van der Waals surface area contributed by atoms with Crippen molar-refractivity contribution in [2.75, 3.05) is 23.3 Å². The summed E-state index contributed by atoms with van der Waals surface area (Å²) in [5.41, 5.74) is 1.82. The molecule has 1 heterocycles. The molecule has 2 N–H and O–H groups in total. The Kier molecular flexibility index (Phi) is 6.29. The van der Waals surface area contributed by atoms with Crippen LogP contribution in [-0.2, 0) is 0 Å². The normalized spacial score (nSPS) is 14.6. The summed E-state index contributed by atoms with van der Waals surface area (Å²) in [4.78, 5) is 27.5. The molecule has 2 aromatic carbocycles. The summed E-state index contributed by atoms with van der Waals surface area (Å²) < 4.78 is 13.9. The van der Waals surface area contributed by atoms with Gasteiger partial charge in [0.05, 0.1) is 11.1 Å². The van der Waals surface area contributed by atoms with Crippen molar-refractivity contribution < 1.29 is 14.0 Å². The fraction of sp³-hybridized carbons (Fsp3) is 0.364. The van der Waals surface area contributed by atoms with Gasteiger partial charge in [0.2, 0.25) is 0 Å². The minimum absolute atomic E-state index is 0.0308. The second-order valence-electron chi connectivity index (χ2n) is 7.14. The van der Waals surface area contributed by atoms with Crippen LogP contribution >= 0.6 is 0 Å². The van der Waals surface area contributed by atoms with E-state index in [2.05, 4.69) is 15.5 Å². The zero-order valence-electron chi connectivity index (χ0n) is 16.3. The molecule has 1 unspecified atom stereocenters. The van der Waals surface area contributed by atoms with Crippen LogP contribution in [0.2, 0.25) is 0 Å². The number of nitrogens with zero attached hydrogens (tertiary/aromatic N) is 1. The molecule has 6 heteroatoms. The van der Waals surface area contributed by atoms with Crippen molar-refractivity contribution in [1.82, 2.24) is 5.32 Å². The molecule has 1 saturated heterocycles. The topological polar surface area (TPSA) is 61.4 Å².